The van der Waals surface area contributed by atoms with E-state index in [0.717, 1.165) is 6.92 Å². The van der Waals surface area contributed by atoms with Gasteiger partial charge in [0.1, 0.15) is 0 Å². The van der Waals surface area contributed by atoms with Crippen molar-refractivity contribution in [2.75, 3.05) is 5.94 Å². The minimum atomic E-state index is -4.16. The smallest absolute Gasteiger partial charge is 1.00 e. The molecule has 0 aromatic carbocycles. The quantitative estimate of drug-likeness (QED) is 0.280. The summed E-state index contributed by atoms with van der Waals surface area (Å²) in [5.41, 5.74) is 0. The number of hydrogen-bond donors (Lipinski definition) is 1. The molecule has 0 saturated heterocycles. The summed E-state index contributed by atoms with van der Waals surface area (Å²) in [4.78, 5) is 9.89. The van der Waals surface area contributed by atoms with Gasteiger partial charge in [-0.2, -0.15) is 8.42 Å². The second-order valence-electron chi connectivity index (χ2n) is 1.34. The first-order valence-electron chi connectivity index (χ1n) is 2.00. The van der Waals surface area contributed by atoms with Crippen LogP contribution >= 0.6 is 0 Å². The molecule has 0 bridgehead atoms. The molecule has 56 valence electrons. The first kappa shape index (κ1) is 13.6. The Kier molecular flexibility index (Phi) is 7.67. The van der Waals surface area contributed by atoms with Crippen molar-refractivity contribution in [3.63, 3.8) is 0 Å². The monoisotopic (exact) mass is 194 g/mol. The molecule has 0 aromatic heterocycles. The summed E-state index contributed by atoms with van der Waals surface area (Å²) < 4.78 is 31.5. The second-order valence-corrected chi connectivity index (χ2v) is 2.74. The van der Waals surface area contributed by atoms with Crippen LogP contribution in [0.3, 0.4) is 0 Å². The van der Waals surface area contributed by atoms with Gasteiger partial charge in [-0.05, 0) is 0 Å². The largest absolute Gasteiger partial charge is 1.00 e. The summed E-state index contributed by atoms with van der Waals surface area (Å²) >= 11 is 0. The van der Waals surface area contributed by atoms with Crippen LogP contribution in [0.25, 0.3) is 0 Å². The molecule has 0 rings (SSSR count). The van der Waals surface area contributed by atoms with E-state index in [1.165, 1.54) is 0 Å². The molecule has 0 fully saturated rings. The SMILES string of the molecule is CC(=O)OCS(=O)(=O)O.[H-].[K+]. The summed E-state index contributed by atoms with van der Waals surface area (Å²) in [6.45, 7) is 1.05. The van der Waals surface area contributed by atoms with Gasteiger partial charge in [0.15, 0.2) is 0 Å². The average molecular weight is 194 g/mol. The normalized spacial score (nSPS) is 9.80. The van der Waals surface area contributed by atoms with Gasteiger partial charge in [-0.15, -0.1) is 0 Å². The first-order valence-corrected chi connectivity index (χ1v) is 3.61. The molecule has 0 heterocycles. The van der Waals surface area contributed by atoms with E-state index in [-0.39, 0.29) is 52.8 Å². The molecule has 0 aromatic rings. The van der Waals surface area contributed by atoms with E-state index in [1.807, 2.05) is 0 Å². The van der Waals surface area contributed by atoms with Crippen LogP contribution < -0.4 is 51.4 Å². The minimum absolute atomic E-state index is 0. The first-order chi connectivity index (χ1) is 3.92. The number of carbonyl (C=O) groups is 1. The zero-order valence-electron chi connectivity index (χ0n) is 6.70. The molecule has 0 saturated carbocycles. The molecule has 0 aliphatic rings. The van der Waals surface area contributed by atoms with Crippen molar-refractivity contribution in [1.82, 2.24) is 0 Å². The van der Waals surface area contributed by atoms with Gasteiger partial charge in [0.2, 0.25) is 5.94 Å². The van der Waals surface area contributed by atoms with Crippen molar-refractivity contribution in [3.05, 3.63) is 0 Å². The summed E-state index contributed by atoms with van der Waals surface area (Å²) in [5.74, 6) is -1.71. The van der Waals surface area contributed by atoms with Crippen molar-refractivity contribution in [2.45, 2.75) is 6.92 Å². The van der Waals surface area contributed by atoms with Crippen molar-refractivity contribution >= 4 is 16.1 Å². The number of ether oxygens (including phenoxy) is 1. The van der Waals surface area contributed by atoms with Crippen LogP contribution in [0.5, 0.6) is 0 Å². The maximum absolute atomic E-state index is 9.89. The molecular weight excluding hydrogens is 187 g/mol. The maximum atomic E-state index is 9.89. The van der Waals surface area contributed by atoms with Gasteiger partial charge in [0.25, 0.3) is 0 Å². The molecule has 0 unspecified atom stereocenters. The zero-order valence-corrected chi connectivity index (χ0v) is 9.64. The standard InChI is InChI=1S/C3H6O5S.K.H/c1-3(4)8-2-9(5,6)7;;/h2H2,1H3,(H,5,6,7);;/q;+1;-1. The average Bonchev–Trinajstić information content (AvgIpc) is 1.59. The summed E-state index contributed by atoms with van der Waals surface area (Å²) in [7, 11) is -4.16. The van der Waals surface area contributed by atoms with Gasteiger partial charge in [-0.3, -0.25) is 9.35 Å². The molecule has 0 spiro atoms. The van der Waals surface area contributed by atoms with E-state index in [9.17, 15) is 13.2 Å². The third-order valence-electron chi connectivity index (χ3n) is 0.411. The van der Waals surface area contributed by atoms with Gasteiger partial charge in [0, 0.05) is 6.92 Å². The number of carbonyl (C=O) groups excluding carboxylic acids is 1. The predicted octanol–water partition coefficient (Wildman–Crippen LogP) is -3.49. The van der Waals surface area contributed by atoms with E-state index in [1.54, 1.807) is 0 Å². The van der Waals surface area contributed by atoms with Gasteiger partial charge >= 0.3 is 67.5 Å². The molecule has 0 aliphatic carbocycles. The number of hydrogen-bond acceptors (Lipinski definition) is 4. The Balaban J connectivity index is -0.000000320. The van der Waals surface area contributed by atoms with Crippen LogP contribution in [0.15, 0.2) is 0 Å². The third kappa shape index (κ3) is 11.8. The molecule has 0 aliphatic heterocycles. The molecule has 1 N–H and O–H groups in total. The topological polar surface area (TPSA) is 80.7 Å². The summed E-state index contributed by atoms with van der Waals surface area (Å²) in [5, 5.41) is 0. The molecule has 5 nitrogen and oxygen atoms in total. The van der Waals surface area contributed by atoms with Gasteiger partial charge in [0.05, 0.1) is 0 Å². The van der Waals surface area contributed by atoms with Crippen LogP contribution in [0.2, 0.25) is 0 Å². The predicted molar refractivity (Wildman–Crippen MR) is 29.3 cm³/mol. The van der Waals surface area contributed by atoms with Gasteiger partial charge in [-0.25, -0.2) is 0 Å². The Hall–Kier alpha value is 1.02. The molecule has 7 heteroatoms. The van der Waals surface area contributed by atoms with Crippen LogP contribution in [-0.2, 0) is 19.6 Å². The van der Waals surface area contributed by atoms with Crippen molar-refractivity contribution in [1.29, 1.82) is 0 Å². The Bertz CT molecular complexity index is 200. The fourth-order valence-electron chi connectivity index (χ4n) is 0.157. The summed E-state index contributed by atoms with van der Waals surface area (Å²) in [6, 6.07) is 0. The Labute approximate surface area is 103 Å². The maximum Gasteiger partial charge on any atom is 1.00 e. The van der Waals surface area contributed by atoms with Crippen LogP contribution in [0.1, 0.15) is 8.35 Å². The Morgan fingerprint density at radius 2 is 2.10 bits per heavy atom. The Morgan fingerprint density at radius 1 is 1.70 bits per heavy atom. The Morgan fingerprint density at radius 3 is 2.20 bits per heavy atom. The summed E-state index contributed by atoms with van der Waals surface area (Å²) in [6.07, 6.45) is 0. The van der Waals surface area contributed by atoms with E-state index < -0.39 is 22.0 Å². The second kappa shape index (κ2) is 5.64. The molecular formula is C3H7KO5S. The van der Waals surface area contributed by atoms with E-state index in [0.29, 0.717) is 0 Å². The zero-order chi connectivity index (χ0) is 7.49. The van der Waals surface area contributed by atoms with Crippen molar-refractivity contribution in [3.8, 4) is 0 Å². The van der Waals surface area contributed by atoms with E-state index >= 15 is 0 Å². The van der Waals surface area contributed by atoms with Crippen molar-refractivity contribution in [2.24, 2.45) is 0 Å². The fraction of sp³-hybridized carbons (Fsp3) is 0.667. The van der Waals surface area contributed by atoms with Crippen LogP contribution in [-0.4, -0.2) is 24.9 Å². The number of rotatable bonds is 2. The number of esters is 1. The third-order valence-corrected chi connectivity index (χ3v) is 0.827. The molecule has 10 heavy (non-hydrogen) atoms. The van der Waals surface area contributed by atoms with Gasteiger partial charge in [-0.1, -0.05) is 0 Å². The van der Waals surface area contributed by atoms with E-state index in [4.69, 9.17) is 4.55 Å². The molecule has 0 radical (unpaired) electrons. The van der Waals surface area contributed by atoms with Crippen LogP contribution in [0.4, 0.5) is 0 Å². The molecule has 0 atom stereocenters. The minimum Gasteiger partial charge on any atom is -1.00 e. The van der Waals surface area contributed by atoms with Gasteiger partial charge < -0.3 is 6.16 Å². The molecule has 0 amide bonds. The van der Waals surface area contributed by atoms with E-state index in [2.05, 4.69) is 4.74 Å². The van der Waals surface area contributed by atoms with Crippen molar-refractivity contribution < 1.29 is 75.3 Å². The van der Waals surface area contributed by atoms with Crippen LogP contribution in [0, 0.1) is 0 Å². The fourth-order valence-corrected chi connectivity index (χ4v) is 0.472.